The molecule has 0 saturated heterocycles. The molecule has 26 heavy (non-hydrogen) atoms. The van der Waals surface area contributed by atoms with E-state index in [1.165, 1.54) is 12.1 Å². The Morgan fingerprint density at radius 2 is 1.65 bits per heavy atom. The SMILES string of the molecule is N#C/C(=C/c1cccc(OCc2ccccc2F)c1)c1ccccc1F. The van der Waals surface area contributed by atoms with Crippen LogP contribution in [0.15, 0.2) is 72.8 Å². The highest BCUT2D eigenvalue weighted by Gasteiger charge is 2.07. The maximum atomic E-state index is 13.9. The largest absolute Gasteiger partial charge is 0.489 e. The molecule has 2 nitrogen and oxygen atoms in total. The molecule has 0 aromatic heterocycles. The van der Waals surface area contributed by atoms with Gasteiger partial charge in [-0.25, -0.2) is 8.78 Å². The first-order valence-electron chi connectivity index (χ1n) is 8.00. The Morgan fingerprint density at radius 1 is 0.923 bits per heavy atom. The van der Waals surface area contributed by atoms with E-state index in [1.54, 1.807) is 66.7 Å². The van der Waals surface area contributed by atoms with Gasteiger partial charge in [0.25, 0.3) is 0 Å². The predicted octanol–water partition coefficient (Wildman–Crippen LogP) is 5.61. The van der Waals surface area contributed by atoms with Crippen LogP contribution in [0.4, 0.5) is 8.78 Å². The van der Waals surface area contributed by atoms with Gasteiger partial charge in [-0.1, -0.05) is 48.5 Å². The molecular formula is C22H15F2NO. The molecule has 0 bridgehead atoms. The van der Waals surface area contributed by atoms with Gasteiger partial charge in [0.05, 0.1) is 11.6 Å². The lowest BCUT2D eigenvalue weighted by Gasteiger charge is -2.08. The summed E-state index contributed by atoms with van der Waals surface area (Å²) in [5, 5.41) is 9.36. The van der Waals surface area contributed by atoms with E-state index in [0.717, 1.165) is 0 Å². The van der Waals surface area contributed by atoms with Crippen LogP contribution in [-0.2, 0) is 6.61 Å². The summed E-state index contributed by atoms with van der Waals surface area (Å²) in [5.41, 5.74) is 1.61. The Balaban J connectivity index is 1.82. The van der Waals surface area contributed by atoms with Crippen LogP contribution in [0.25, 0.3) is 11.6 Å². The van der Waals surface area contributed by atoms with Gasteiger partial charge in [-0.15, -0.1) is 0 Å². The molecule has 4 heteroatoms. The molecule has 0 spiro atoms. The summed E-state index contributed by atoms with van der Waals surface area (Å²) >= 11 is 0. The van der Waals surface area contributed by atoms with Crippen molar-refractivity contribution in [3.63, 3.8) is 0 Å². The van der Waals surface area contributed by atoms with Crippen molar-refractivity contribution < 1.29 is 13.5 Å². The highest BCUT2D eigenvalue weighted by atomic mass is 19.1. The minimum atomic E-state index is -0.452. The summed E-state index contributed by atoms with van der Waals surface area (Å²) in [6, 6.07) is 21.6. The lowest BCUT2D eigenvalue weighted by Crippen LogP contribution is -1.98. The number of ether oxygens (including phenoxy) is 1. The summed E-state index contributed by atoms with van der Waals surface area (Å²) in [5.74, 6) is -0.241. The number of rotatable bonds is 5. The van der Waals surface area contributed by atoms with E-state index in [4.69, 9.17) is 4.74 Å². The first kappa shape index (κ1) is 17.4. The van der Waals surface area contributed by atoms with Gasteiger partial charge in [-0.05, 0) is 35.9 Å². The minimum Gasteiger partial charge on any atom is -0.489 e. The Labute approximate surface area is 150 Å². The summed E-state index contributed by atoms with van der Waals surface area (Å²) in [6.07, 6.45) is 1.59. The first-order valence-corrected chi connectivity index (χ1v) is 8.00. The fourth-order valence-electron chi connectivity index (χ4n) is 2.49. The van der Waals surface area contributed by atoms with Crippen molar-refractivity contribution in [2.75, 3.05) is 0 Å². The standard InChI is InChI=1S/C22H15F2NO/c23-21-10-3-1-7-17(21)15-26-19-8-5-6-16(13-19)12-18(14-25)20-9-2-4-11-22(20)24/h1-13H,15H2/b18-12-. The molecule has 0 N–H and O–H groups in total. The second-order valence-electron chi connectivity index (χ2n) is 5.60. The molecule has 0 atom stereocenters. The topological polar surface area (TPSA) is 33.0 Å². The summed E-state index contributed by atoms with van der Waals surface area (Å²) in [7, 11) is 0. The van der Waals surface area contributed by atoms with Crippen LogP contribution in [0.5, 0.6) is 5.75 Å². The van der Waals surface area contributed by atoms with Crippen molar-refractivity contribution in [2.24, 2.45) is 0 Å². The van der Waals surface area contributed by atoms with Crippen LogP contribution < -0.4 is 4.74 Å². The number of allylic oxidation sites excluding steroid dienone is 1. The van der Waals surface area contributed by atoms with Crippen molar-refractivity contribution in [2.45, 2.75) is 6.61 Å². The van der Waals surface area contributed by atoms with Crippen molar-refractivity contribution >= 4 is 11.6 Å². The van der Waals surface area contributed by atoms with Crippen LogP contribution in [0.2, 0.25) is 0 Å². The molecule has 3 rings (SSSR count). The van der Waals surface area contributed by atoms with Crippen molar-refractivity contribution in [1.82, 2.24) is 0 Å². The van der Waals surface area contributed by atoms with Gasteiger partial charge in [0, 0.05) is 11.1 Å². The molecule has 0 radical (unpaired) electrons. The monoisotopic (exact) mass is 347 g/mol. The number of benzene rings is 3. The van der Waals surface area contributed by atoms with E-state index in [2.05, 4.69) is 0 Å². The molecule has 3 aromatic carbocycles. The van der Waals surface area contributed by atoms with Gasteiger partial charge in [-0.3, -0.25) is 0 Å². The first-order chi connectivity index (χ1) is 12.7. The van der Waals surface area contributed by atoms with Crippen molar-refractivity contribution in [1.29, 1.82) is 5.26 Å². The molecule has 128 valence electrons. The fourth-order valence-corrected chi connectivity index (χ4v) is 2.49. The van der Waals surface area contributed by atoms with E-state index in [-0.39, 0.29) is 23.6 Å². The lowest BCUT2D eigenvalue weighted by atomic mass is 10.0. The average molecular weight is 347 g/mol. The second-order valence-corrected chi connectivity index (χ2v) is 5.60. The minimum absolute atomic E-state index is 0.0955. The zero-order valence-corrected chi connectivity index (χ0v) is 13.8. The molecule has 0 fully saturated rings. The van der Waals surface area contributed by atoms with Crippen LogP contribution in [0.1, 0.15) is 16.7 Å². The van der Waals surface area contributed by atoms with Gasteiger partial charge in [0.2, 0.25) is 0 Å². The van der Waals surface area contributed by atoms with Crippen molar-refractivity contribution in [3.8, 4) is 11.8 Å². The Hall–Kier alpha value is -3.45. The zero-order valence-electron chi connectivity index (χ0n) is 13.8. The molecule has 0 unspecified atom stereocenters. The molecule has 0 saturated carbocycles. The van der Waals surface area contributed by atoms with Gasteiger partial charge < -0.3 is 4.74 Å². The van der Waals surface area contributed by atoms with Gasteiger partial charge >= 0.3 is 0 Å². The quantitative estimate of drug-likeness (QED) is 0.444. The van der Waals surface area contributed by atoms with E-state index in [0.29, 0.717) is 16.9 Å². The Bertz CT molecular complexity index is 989. The van der Waals surface area contributed by atoms with Crippen LogP contribution in [0, 0.1) is 23.0 Å². The molecule has 0 heterocycles. The molecule has 0 aliphatic carbocycles. The lowest BCUT2D eigenvalue weighted by molar-refractivity contribution is 0.300. The molecular weight excluding hydrogens is 332 g/mol. The second kappa shape index (κ2) is 8.09. The highest BCUT2D eigenvalue weighted by Crippen LogP contribution is 2.23. The van der Waals surface area contributed by atoms with E-state index < -0.39 is 5.82 Å². The van der Waals surface area contributed by atoms with Gasteiger partial charge in [0.15, 0.2) is 0 Å². The third-order valence-electron chi connectivity index (χ3n) is 3.81. The Kier molecular flexibility index (Phi) is 5.40. The molecule has 3 aromatic rings. The van der Waals surface area contributed by atoms with Gasteiger partial charge in [0.1, 0.15) is 24.0 Å². The highest BCUT2D eigenvalue weighted by molar-refractivity contribution is 5.89. The number of nitrogens with zero attached hydrogens (tertiary/aromatic N) is 1. The zero-order chi connectivity index (χ0) is 18.4. The molecule has 0 amide bonds. The van der Waals surface area contributed by atoms with E-state index in [1.807, 2.05) is 6.07 Å². The number of hydrogen-bond acceptors (Lipinski definition) is 2. The van der Waals surface area contributed by atoms with Gasteiger partial charge in [-0.2, -0.15) is 5.26 Å². The smallest absolute Gasteiger partial charge is 0.131 e. The normalized spacial score (nSPS) is 11.0. The summed E-state index contributed by atoms with van der Waals surface area (Å²) < 4.78 is 33.2. The number of hydrogen-bond donors (Lipinski definition) is 0. The fraction of sp³-hybridized carbons (Fsp3) is 0.0455. The average Bonchev–Trinajstić information content (AvgIpc) is 2.66. The molecule has 0 aliphatic heterocycles. The van der Waals surface area contributed by atoms with Crippen LogP contribution in [-0.4, -0.2) is 0 Å². The third-order valence-corrected chi connectivity index (χ3v) is 3.81. The Morgan fingerprint density at radius 3 is 2.38 bits per heavy atom. The molecule has 0 aliphatic rings. The number of halogens is 2. The maximum absolute atomic E-state index is 13.9. The van der Waals surface area contributed by atoms with E-state index >= 15 is 0 Å². The van der Waals surface area contributed by atoms with Crippen LogP contribution >= 0.6 is 0 Å². The third kappa shape index (κ3) is 4.14. The summed E-state index contributed by atoms with van der Waals surface area (Å²) in [6.45, 7) is 0.0955. The van der Waals surface area contributed by atoms with Crippen LogP contribution in [0.3, 0.4) is 0 Å². The van der Waals surface area contributed by atoms with E-state index in [9.17, 15) is 14.0 Å². The maximum Gasteiger partial charge on any atom is 0.131 e. The summed E-state index contributed by atoms with van der Waals surface area (Å²) in [4.78, 5) is 0. The van der Waals surface area contributed by atoms with Crippen molar-refractivity contribution in [3.05, 3.63) is 101 Å². The number of nitriles is 1. The predicted molar refractivity (Wildman–Crippen MR) is 97.1 cm³/mol.